The Balaban J connectivity index is 1.36. The molecule has 5 rings (SSSR count). The molecule has 0 radical (unpaired) electrons. The molecule has 0 aliphatic carbocycles. The van der Waals surface area contributed by atoms with Gasteiger partial charge in [0.1, 0.15) is 0 Å². The fourth-order valence-electron chi connectivity index (χ4n) is 3.84. The molecule has 1 fully saturated rings. The molecule has 0 bridgehead atoms. The van der Waals surface area contributed by atoms with Gasteiger partial charge >= 0.3 is 0 Å². The average Bonchev–Trinajstić information content (AvgIpc) is 3.45. The molecule has 1 unspecified atom stereocenters. The molecule has 10 heteroatoms. The van der Waals surface area contributed by atoms with Crippen molar-refractivity contribution in [3.05, 3.63) is 64.8 Å². The third-order valence-electron chi connectivity index (χ3n) is 5.59. The van der Waals surface area contributed by atoms with Crippen LogP contribution in [0.1, 0.15) is 19.3 Å². The maximum atomic E-state index is 13.1. The fraction of sp³-hybridized carbons (Fsp3) is 0.304. The van der Waals surface area contributed by atoms with Crippen LogP contribution in [0.3, 0.4) is 0 Å². The van der Waals surface area contributed by atoms with Crippen molar-refractivity contribution >= 4 is 43.6 Å². The molecular weight excluding hydrogens is 555 g/mol. The lowest BCUT2D eigenvalue weighted by atomic mass is 10.1. The van der Waals surface area contributed by atoms with E-state index in [1.165, 1.54) is 3.97 Å². The Morgan fingerprint density at radius 1 is 1.12 bits per heavy atom. The quantitative estimate of drug-likeness (QED) is 0.304. The van der Waals surface area contributed by atoms with Crippen molar-refractivity contribution in [1.29, 1.82) is 0 Å². The molecule has 0 N–H and O–H groups in total. The number of hydrogen-bond donors (Lipinski definition) is 0. The smallest absolute Gasteiger partial charge is 0.269 e. The zero-order valence-corrected chi connectivity index (χ0v) is 20.8. The van der Waals surface area contributed by atoms with Gasteiger partial charge in [-0.05, 0) is 60.1 Å². The molecule has 0 spiro atoms. The van der Waals surface area contributed by atoms with Crippen molar-refractivity contribution in [3.8, 4) is 11.1 Å². The molecule has 1 aromatic carbocycles. The van der Waals surface area contributed by atoms with E-state index in [0.29, 0.717) is 18.8 Å². The van der Waals surface area contributed by atoms with E-state index in [4.69, 9.17) is 9.47 Å². The number of fused-ring (bicyclic) bond motifs is 1. The second-order valence-corrected chi connectivity index (χ2v) is 10.8. The summed E-state index contributed by atoms with van der Waals surface area (Å²) in [7, 11) is -3.73. The molecule has 33 heavy (non-hydrogen) atoms. The van der Waals surface area contributed by atoms with Gasteiger partial charge in [0.05, 0.1) is 24.2 Å². The molecule has 4 aromatic rings. The minimum atomic E-state index is -3.73. The summed E-state index contributed by atoms with van der Waals surface area (Å²) in [6.45, 7) is 1.92. The van der Waals surface area contributed by atoms with E-state index in [2.05, 4.69) is 32.7 Å². The first-order valence-electron chi connectivity index (χ1n) is 10.8. The Hall–Kier alpha value is -2.28. The molecule has 1 aliphatic rings. The summed E-state index contributed by atoms with van der Waals surface area (Å²) in [6, 6.07) is 10.3. The largest absolute Gasteiger partial charge is 0.353 e. The second kappa shape index (κ2) is 9.53. The van der Waals surface area contributed by atoms with Gasteiger partial charge in [0.25, 0.3) is 10.0 Å². The second-order valence-electron chi connectivity index (χ2n) is 7.85. The maximum absolute atomic E-state index is 13.1. The molecule has 4 heterocycles. The van der Waals surface area contributed by atoms with Crippen LogP contribution in [-0.4, -0.2) is 46.7 Å². The first-order valence-corrected chi connectivity index (χ1v) is 13.3. The number of ether oxygens (including phenoxy) is 2. The van der Waals surface area contributed by atoms with Crippen LogP contribution < -0.4 is 0 Å². The molecule has 172 valence electrons. The van der Waals surface area contributed by atoms with E-state index >= 15 is 0 Å². The number of hydrogen-bond acceptors (Lipinski definition) is 6. The van der Waals surface area contributed by atoms with E-state index in [1.54, 1.807) is 48.9 Å². The van der Waals surface area contributed by atoms with E-state index in [-0.39, 0.29) is 11.2 Å². The van der Waals surface area contributed by atoms with Gasteiger partial charge in [-0.25, -0.2) is 17.4 Å². The van der Waals surface area contributed by atoms with E-state index < -0.39 is 10.0 Å². The predicted molar refractivity (Wildman–Crippen MR) is 132 cm³/mol. The van der Waals surface area contributed by atoms with Crippen LogP contribution in [0.25, 0.3) is 22.2 Å². The summed E-state index contributed by atoms with van der Waals surface area (Å²) >= 11 is 2.14. The van der Waals surface area contributed by atoms with Crippen LogP contribution in [0.5, 0.6) is 0 Å². The highest BCUT2D eigenvalue weighted by molar-refractivity contribution is 14.1. The van der Waals surface area contributed by atoms with Crippen LogP contribution in [-0.2, 0) is 26.0 Å². The van der Waals surface area contributed by atoms with Gasteiger partial charge in [0.15, 0.2) is 11.9 Å². The molecule has 1 saturated heterocycles. The molecule has 0 amide bonds. The van der Waals surface area contributed by atoms with E-state index in [1.807, 2.05) is 16.9 Å². The Bertz CT molecular complexity index is 1360. The topological polar surface area (TPSA) is 88.2 Å². The van der Waals surface area contributed by atoms with Crippen molar-refractivity contribution in [2.75, 3.05) is 13.2 Å². The highest BCUT2D eigenvalue weighted by Crippen LogP contribution is 2.29. The molecule has 1 atom stereocenters. The van der Waals surface area contributed by atoms with Crippen LogP contribution in [0.15, 0.2) is 66.1 Å². The van der Waals surface area contributed by atoms with Gasteiger partial charge < -0.3 is 9.47 Å². The Kier molecular flexibility index (Phi) is 6.50. The molecule has 1 aliphatic heterocycles. The van der Waals surface area contributed by atoms with Crippen LogP contribution in [0, 0.1) is 3.57 Å². The lowest BCUT2D eigenvalue weighted by Gasteiger charge is -2.22. The summed E-state index contributed by atoms with van der Waals surface area (Å²) in [5, 5.41) is 5.20. The summed E-state index contributed by atoms with van der Waals surface area (Å²) in [6.07, 6.45) is 10.1. The standard InChI is InChI=1S/C23H23IN4O4S/c24-21-16-28(33(29,30)19-6-2-1-3-7-19)23-20(21)12-17(13-25-23)18-14-26-27(15-18)9-11-32-22-8-4-5-10-31-22/h1-3,6-7,12-16,22H,4-5,8-11H2. The Labute approximate surface area is 205 Å². The van der Waals surface area contributed by atoms with Crippen molar-refractivity contribution in [2.45, 2.75) is 37.0 Å². The van der Waals surface area contributed by atoms with Crippen LogP contribution >= 0.6 is 22.6 Å². The SMILES string of the molecule is O=S(=O)(c1ccccc1)n1cc(I)c2cc(-c3cnn(CCOC4CCCCO4)c3)cnc21. The Morgan fingerprint density at radius 2 is 1.97 bits per heavy atom. The van der Waals surface area contributed by atoms with Gasteiger partial charge in [-0.2, -0.15) is 5.10 Å². The number of benzene rings is 1. The van der Waals surface area contributed by atoms with Crippen LogP contribution in [0.4, 0.5) is 0 Å². The highest BCUT2D eigenvalue weighted by Gasteiger charge is 2.22. The highest BCUT2D eigenvalue weighted by atomic mass is 127. The number of pyridine rings is 1. The van der Waals surface area contributed by atoms with Gasteiger partial charge in [0, 0.05) is 45.3 Å². The van der Waals surface area contributed by atoms with Crippen molar-refractivity contribution in [2.24, 2.45) is 0 Å². The Morgan fingerprint density at radius 3 is 2.76 bits per heavy atom. The first-order chi connectivity index (χ1) is 16.0. The normalized spacial score (nSPS) is 16.9. The number of aromatic nitrogens is 4. The fourth-order valence-corrected chi connectivity index (χ4v) is 6.05. The maximum Gasteiger partial charge on any atom is 0.269 e. The van der Waals surface area contributed by atoms with Crippen LogP contribution in [0.2, 0.25) is 0 Å². The number of halogens is 1. The third kappa shape index (κ3) is 4.70. The monoisotopic (exact) mass is 578 g/mol. The van der Waals surface area contributed by atoms with E-state index in [9.17, 15) is 8.42 Å². The predicted octanol–water partition coefficient (Wildman–Crippen LogP) is 4.28. The van der Waals surface area contributed by atoms with Gasteiger partial charge in [-0.15, -0.1) is 0 Å². The lowest BCUT2D eigenvalue weighted by molar-refractivity contribution is -0.163. The molecular formula is C23H23IN4O4S. The summed E-state index contributed by atoms with van der Waals surface area (Å²) in [4.78, 5) is 4.73. The van der Waals surface area contributed by atoms with Gasteiger partial charge in [-0.1, -0.05) is 18.2 Å². The summed E-state index contributed by atoms with van der Waals surface area (Å²) in [5.41, 5.74) is 2.19. The minimum Gasteiger partial charge on any atom is -0.353 e. The number of rotatable bonds is 7. The average molecular weight is 578 g/mol. The van der Waals surface area contributed by atoms with Gasteiger partial charge in [-0.3, -0.25) is 4.68 Å². The molecule has 8 nitrogen and oxygen atoms in total. The lowest BCUT2D eigenvalue weighted by Crippen LogP contribution is -2.24. The zero-order valence-electron chi connectivity index (χ0n) is 17.8. The van der Waals surface area contributed by atoms with Crippen molar-refractivity contribution in [3.63, 3.8) is 0 Å². The zero-order chi connectivity index (χ0) is 22.8. The first kappa shape index (κ1) is 22.5. The summed E-state index contributed by atoms with van der Waals surface area (Å²) < 4.78 is 41.5. The molecule has 0 saturated carbocycles. The number of nitrogens with zero attached hydrogens (tertiary/aromatic N) is 4. The van der Waals surface area contributed by atoms with Gasteiger partial charge in [0.2, 0.25) is 0 Å². The van der Waals surface area contributed by atoms with E-state index in [0.717, 1.165) is 46.0 Å². The minimum absolute atomic E-state index is 0.112. The summed E-state index contributed by atoms with van der Waals surface area (Å²) in [5.74, 6) is 0. The third-order valence-corrected chi connectivity index (χ3v) is 8.12. The molecule has 3 aromatic heterocycles. The van der Waals surface area contributed by atoms with Crippen molar-refractivity contribution < 1.29 is 17.9 Å². The van der Waals surface area contributed by atoms with Crippen molar-refractivity contribution in [1.82, 2.24) is 18.7 Å².